The Kier molecular flexibility index (Phi) is 6.49. The Morgan fingerprint density at radius 3 is 2.12 bits per heavy atom. The molecule has 0 radical (unpaired) electrons. The molecule has 168 valence electrons. The maximum absolute atomic E-state index is 13.1. The van der Waals surface area contributed by atoms with Crippen LogP contribution in [-0.2, 0) is 16.2 Å². The number of benzene rings is 2. The Balaban J connectivity index is 2.03. The van der Waals surface area contributed by atoms with E-state index in [1.54, 1.807) is 39.0 Å². The van der Waals surface area contributed by atoms with E-state index in [1.807, 2.05) is 0 Å². The molecule has 1 heterocycles. The van der Waals surface area contributed by atoms with Gasteiger partial charge in [-0.05, 0) is 57.2 Å². The molecule has 0 spiro atoms. The van der Waals surface area contributed by atoms with Crippen molar-refractivity contribution in [1.29, 1.82) is 0 Å². The Bertz CT molecular complexity index is 1240. The van der Waals surface area contributed by atoms with Gasteiger partial charge in [0.2, 0.25) is 11.9 Å². The Hall–Kier alpha value is -3.47. The van der Waals surface area contributed by atoms with Crippen molar-refractivity contribution in [2.75, 3.05) is 10.6 Å². The normalized spacial score (nSPS) is 12.5. The fourth-order valence-corrected chi connectivity index (χ4v) is 3.67. The third kappa shape index (κ3) is 6.03. The lowest BCUT2D eigenvalue weighted by molar-refractivity contribution is -0.137. The first-order valence-electron chi connectivity index (χ1n) is 9.38. The number of anilines is 2. The van der Waals surface area contributed by atoms with Crippen LogP contribution in [0.5, 0.6) is 0 Å². The number of rotatable bonds is 4. The zero-order valence-corrected chi connectivity index (χ0v) is 18.2. The van der Waals surface area contributed by atoms with Crippen molar-refractivity contribution in [3.63, 3.8) is 0 Å². The number of alkyl halides is 3. The smallest absolute Gasteiger partial charge is 0.325 e. The number of aromatic nitrogens is 2. The molecule has 0 unspecified atom stereocenters. The topological polar surface area (TPSA) is 96.3 Å². The SMILES string of the molecule is Cc1ccc(S(=O)(=O)/N=C(/Nc2cccc(C(F)(F)F)c2)Nc2nc(C)cc(C)n2)cc1. The zero-order valence-electron chi connectivity index (χ0n) is 17.4. The quantitative estimate of drug-likeness (QED) is 0.431. The fraction of sp³-hybridized carbons (Fsp3) is 0.190. The lowest BCUT2D eigenvalue weighted by atomic mass is 10.2. The third-order valence-corrected chi connectivity index (χ3v) is 5.49. The molecule has 32 heavy (non-hydrogen) atoms. The summed E-state index contributed by atoms with van der Waals surface area (Å²) in [6.45, 7) is 5.25. The molecule has 0 bridgehead atoms. The summed E-state index contributed by atoms with van der Waals surface area (Å²) in [5, 5.41) is 5.26. The van der Waals surface area contributed by atoms with Gasteiger partial charge in [0.05, 0.1) is 10.5 Å². The average molecular weight is 463 g/mol. The van der Waals surface area contributed by atoms with Crippen LogP contribution in [0.4, 0.5) is 24.8 Å². The highest BCUT2D eigenvalue weighted by atomic mass is 32.2. The standard InChI is InChI=1S/C21H20F3N5O2S/c1-13-7-9-18(10-8-13)32(30,31)29-20(28-19-25-14(2)11-15(3)26-19)27-17-6-4-5-16(12-17)21(22,23)24/h4-12H,1-3H3,(H2,25,26,27,28,29). The number of hydrogen-bond acceptors (Lipinski definition) is 4. The van der Waals surface area contributed by atoms with Crippen LogP contribution in [0, 0.1) is 20.8 Å². The van der Waals surface area contributed by atoms with Gasteiger partial charge in [-0.3, -0.25) is 5.32 Å². The molecule has 0 aliphatic carbocycles. The van der Waals surface area contributed by atoms with Gasteiger partial charge in [-0.15, -0.1) is 4.40 Å². The van der Waals surface area contributed by atoms with E-state index in [1.165, 1.54) is 24.3 Å². The lowest BCUT2D eigenvalue weighted by Crippen LogP contribution is -2.25. The molecule has 3 aromatic rings. The van der Waals surface area contributed by atoms with Gasteiger partial charge in [-0.1, -0.05) is 23.8 Å². The zero-order chi connectivity index (χ0) is 23.5. The fourth-order valence-electron chi connectivity index (χ4n) is 2.76. The van der Waals surface area contributed by atoms with Crippen LogP contribution >= 0.6 is 0 Å². The van der Waals surface area contributed by atoms with Crippen molar-refractivity contribution in [3.05, 3.63) is 77.1 Å². The van der Waals surface area contributed by atoms with E-state index >= 15 is 0 Å². The van der Waals surface area contributed by atoms with E-state index in [-0.39, 0.29) is 22.5 Å². The maximum atomic E-state index is 13.1. The second-order valence-electron chi connectivity index (χ2n) is 7.03. The third-order valence-electron chi connectivity index (χ3n) is 4.20. The number of aryl methyl sites for hydroxylation is 3. The first-order chi connectivity index (χ1) is 14.9. The summed E-state index contributed by atoms with van der Waals surface area (Å²) in [6, 6.07) is 12.0. The molecule has 0 aliphatic rings. The highest BCUT2D eigenvalue weighted by Gasteiger charge is 2.30. The van der Waals surface area contributed by atoms with Crippen LogP contribution in [0.1, 0.15) is 22.5 Å². The summed E-state index contributed by atoms with van der Waals surface area (Å²) in [7, 11) is -4.19. The summed E-state index contributed by atoms with van der Waals surface area (Å²) in [4.78, 5) is 8.26. The minimum atomic E-state index is -4.56. The molecule has 3 rings (SSSR count). The van der Waals surface area contributed by atoms with Crippen molar-refractivity contribution in [2.45, 2.75) is 31.8 Å². The molecule has 0 saturated carbocycles. The van der Waals surface area contributed by atoms with Crippen molar-refractivity contribution in [2.24, 2.45) is 4.40 Å². The number of guanidine groups is 1. The summed E-state index contributed by atoms with van der Waals surface area (Å²) >= 11 is 0. The second-order valence-corrected chi connectivity index (χ2v) is 8.64. The van der Waals surface area contributed by atoms with Crippen LogP contribution in [-0.4, -0.2) is 24.3 Å². The Morgan fingerprint density at radius 2 is 1.53 bits per heavy atom. The predicted molar refractivity (Wildman–Crippen MR) is 116 cm³/mol. The molecule has 0 atom stereocenters. The van der Waals surface area contributed by atoms with Gasteiger partial charge in [0, 0.05) is 17.1 Å². The molecular weight excluding hydrogens is 443 g/mol. The summed E-state index contributed by atoms with van der Waals surface area (Å²) < 4.78 is 68.6. The van der Waals surface area contributed by atoms with E-state index < -0.39 is 21.8 Å². The van der Waals surface area contributed by atoms with Gasteiger partial charge in [-0.2, -0.15) is 21.6 Å². The molecule has 0 saturated heterocycles. The van der Waals surface area contributed by atoms with E-state index in [0.29, 0.717) is 11.4 Å². The molecular formula is C21H20F3N5O2S. The van der Waals surface area contributed by atoms with Gasteiger partial charge in [0.1, 0.15) is 0 Å². The van der Waals surface area contributed by atoms with Crippen LogP contribution in [0.3, 0.4) is 0 Å². The van der Waals surface area contributed by atoms with E-state index in [2.05, 4.69) is 25.0 Å². The van der Waals surface area contributed by atoms with E-state index in [4.69, 9.17) is 0 Å². The minimum absolute atomic E-state index is 0.0189. The summed E-state index contributed by atoms with van der Waals surface area (Å²) in [5.74, 6) is -0.310. The van der Waals surface area contributed by atoms with Gasteiger partial charge in [0.25, 0.3) is 10.0 Å². The molecule has 0 aliphatic heterocycles. The van der Waals surface area contributed by atoms with Crippen LogP contribution in [0.15, 0.2) is 63.9 Å². The van der Waals surface area contributed by atoms with E-state index in [9.17, 15) is 21.6 Å². The van der Waals surface area contributed by atoms with Gasteiger partial charge in [-0.25, -0.2) is 9.97 Å². The van der Waals surface area contributed by atoms with Crippen molar-refractivity contribution >= 4 is 27.6 Å². The largest absolute Gasteiger partial charge is 0.416 e. The molecule has 0 amide bonds. The highest BCUT2D eigenvalue weighted by Crippen LogP contribution is 2.30. The molecule has 11 heteroatoms. The lowest BCUT2D eigenvalue weighted by Gasteiger charge is -2.14. The van der Waals surface area contributed by atoms with Crippen molar-refractivity contribution < 1.29 is 21.6 Å². The molecule has 1 aromatic heterocycles. The predicted octanol–water partition coefficient (Wildman–Crippen LogP) is 4.69. The minimum Gasteiger partial charge on any atom is -0.325 e. The summed E-state index contributed by atoms with van der Waals surface area (Å²) in [6.07, 6.45) is -4.56. The number of nitrogens with one attached hydrogen (secondary N) is 2. The summed E-state index contributed by atoms with van der Waals surface area (Å²) in [5.41, 5.74) is 1.16. The monoisotopic (exact) mass is 463 g/mol. The molecule has 2 N–H and O–H groups in total. The number of halogens is 3. The van der Waals surface area contributed by atoms with Gasteiger partial charge < -0.3 is 5.32 Å². The first-order valence-corrected chi connectivity index (χ1v) is 10.8. The Morgan fingerprint density at radius 1 is 0.906 bits per heavy atom. The first kappa shape index (κ1) is 23.2. The highest BCUT2D eigenvalue weighted by molar-refractivity contribution is 7.90. The van der Waals surface area contributed by atoms with Crippen LogP contribution < -0.4 is 10.6 Å². The number of hydrogen-bond donors (Lipinski definition) is 2. The van der Waals surface area contributed by atoms with Crippen LogP contribution in [0.2, 0.25) is 0 Å². The maximum Gasteiger partial charge on any atom is 0.416 e. The van der Waals surface area contributed by atoms with Gasteiger partial charge >= 0.3 is 6.18 Å². The van der Waals surface area contributed by atoms with E-state index in [0.717, 1.165) is 17.7 Å². The van der Waals surface area contributed by atoms with Crippen molar-refractivity contribution in [1.82, 2.24) is 9.97 Å². The van der Waals surface area contributed by atoms with Crippen molar-refractivity contribution in [3.8, 4) is 0 Å². The van der Waals surface area contributed by atoms with Crippen LogP contribution in [0.25, 0.3) is 0 Å². The average Bonchev–Trinajstić information content (AvgIpc) is 2.66. The van der Waals surface area contributed by atoms with Gasteiger partial charge in [0.15, 0.2) is 0 Å². The molecule has 2 aromatic carbocycles. The molecule has 7 nitrogen and oxygen atoms in total. The molecule has 0 fully saturated rings. The number of nitrogens with zero attached hydrogens (tertiary/aromatic N) is 3. The Labute approximate surface area is 183 Å². The second kappa shape index (κ2) is 8.95. The number of sulfonamides is 1.